The van der Waals surface area contributed by atoms with Crippen LogP contribution in [0.2, 0.25) is 0 Å². The van der Waals surface area contributed by atoms with Crippen LogP contribution in [0.4, 0.5) is 5.69 Å². The summed E-state index contributed by atoms with van der Waals surface area (Å²) in [6.45, 7) is -0.139. The van der Waals surface area contributed by atoms with E-state index in [1.54, 1.807) is 24.9 Å². The first kappa shape index (κ1) is 16.9. The van der Waals surface area contributed by atoms with Crippen LogP contribution in [-0.4, -0.2) is 41.5 Å². The summed E-state index contributed by atoms with van der Waals surface area (Å²) in [4.78, 5) is 25.0. The number of rotatable bonds is 6. The zero-order chi connectivity index (χ0) is 16.8. The number of nitrogens with zero attached hydrogens (tertiary/aromatic N) is 2. The lowest BCUT2D eigenvalue weighted by Crippen LogP contribution is -2.32. The van der Waals surface area contributed by atoms with Crippen LogP contribution < -0.4 is 15.4 Å². The van der Waals surface area contributed by atoms with E-state index < -0.39 is 5.91 Å². The first-order valence-corrected chi connectivity index (χ1v) is 8.05. The summed E-state index contributed by atoms with van der Waals surface area (Å²) in [7, 11) is 3.12. The normalized spacial score (nSPS) is 10.2. The minimum Gasteiger partial charge on any atom is -0.479 e. The van der Waals surface area contributed by atoms with Gasteiger partial charge in [0.1, 0.15) is 5.56 Å². The van der Waals surface area contributed by atoms with Crippen molar-refractivity contribution in [1.29, 1.82) is 0 Å². The molecule has 122 valence electrons. The first-order chi connectivity index (χ1) is 11.0. The molecule has 0 aliphatic carbocycles. The van der Waals surface area contributed by atoms with Crippen molar-refractivity contribution in [1.82, 2.24) is 15.1 Å². The van der Waals surface area contributed by atoms with Gasteiger partial charge in [-0.15, -0.1) is 16.9 Å². The molecule has 0 atom stereocenters. The van der Waals surface area contributed by atoms with Crippen LogP contribution in [0, 0.1) is 0 Å². The zero-order valence-corrected chi connectivity index (χ0v) is 13.9. The van der Waals surface area contributed by atoms with Gasteiger partial charge in [-0.2, -0.15) is 0 Å². The molecule has 0 bridgehead atoms. The third-order valence-corrected chi connectivity index (χ3v) is 3.72. The molecule has 23 heavy (non-hydrogen) atoms. The second kappa shape index (κ2) is 7.68. The van der Waals surface area contributed by atoms with Crippen LogP contribution in [0.15, 0.2) is 35.4 Å². The Kier molecular flexibility index (Phi) is 5.64. The van der Waals surface area contributed by atoms with Gasteiger partial charge in [-0.3, -0.25) is 14.3 Å². The largest absolute Gasteiger partial charge is 0.479 e. The van der Waals surface area contributed by atoms with Gasteiger partial charge in [0.15, 0.2) is 0 Å². The Morgan fingerprint density at radius 1 is 1.39 bits per heavy atom. The highest BCUT2D eigenvalue weighted by Gasteiger charge is 2.16. The quantitative estimate of drug-likeness (QED) is 0.782. The molecule has 1 aromatic carbocycles. The van der Waals surface area contributed by atoms with Crippen molar-refractivity contribution in [2.75, 3.05) is 25.2 Å². The molecule has 7 nitrogen and oxygen atoms in total. The van der Waals surface area contributed by atoms with E-state index in [-0.39, 0.29) is 23.9 Å². The third-order valence-electron chi connectivity index (χ3n) is 3.00. The number of thioether (sulfide) groups is 1. The van der Waals surface area contributed by atoms with Crippen LogP contribution in [0.3, 0.4) is 0 Å². The van der Waals surface area contributed by atoms with Gasteiger partial charge in [-0.05, 0) is 24.5 Å². The van der Waals surface area contributed by atoms with E-state index in [9.17, 15) is 9.59 Å². The fourth-order valence-corrected chi connectivity index (χ4v) is 2.40. The molecule has 0 saturated heterocycles. The number of methoxy groups -OCH3 is 1. The van der Waals surface area contributed by atoms with Crippen molar-refractivity contribution < 1.29 is 14.3 Å². The minimum absolute atomic E-state index is 0.139. The molecule has 2 amide bonds. The number of aromatic nitrogens is 2. The fraction of sp³-hybridized carbons (Fsp3) is 0.267. The van der Waals surface area contributed by atoms with Gasteiger partial charge in [0.25, 0.3) is 5.91 Å². The summed E-state index contributed by atoms with van der Waals surface area (Å²) in [6, 6.07) is 7.48. The van der Waals surface area contributed by atoms with Crippen molar-refractivity contribution in [3.8, 4) is 5.88 Å². The molecule has 0 aliphatic heterocycles. The van der Waals surface area contributed by atoms with E-state index in [4.69, 9.17) is 4.74 Å². The molecule has 2 N–H and O–H groups in total. The number of amides is 2. The standard InChI is InChI=1S/C15H18N4O3S/c1-19-9-12(15(18-19)22-2)14(21)16-8-13(20)17-10-5-4-6-11(7-10)23-3/h4-7,9H,8H2,1-3H3,(H,16,21)(H,17,20). The highest BCUT2D eigenvalue weighted by molar-refractivity contribution is 7.98. The van der Waals surface area contributed by atoms with Crippen LogP contribution in [0.25, 0.3) is 0 Å². The number of carbonyl (C=O) groups is 2. The highest BCUT2D eigenvalue weighted by Crippen LogP contribution is 2.18. The van der Waals surface area contributed by atoms with Gasteiger partial charge in [-0.1, -0.05) is 6.07 Å². The summed E-state index contributed by atoms with van der Waals surface area (Å²) in [5, 5.41) is 9.28. The van der Waals surface area contributed by atoms with E-state index in [0.717, 1.165) is 4.90 Å². The smallest absolute Gasteiger partial charge is 0.258 e. The molecule has 1 aromatic heterocycles. The number of aryl methyl sites for hydroxylation is 1. The predicted molar refractivity (Wildman–Crippen MR) is 88.9 cm³/mol. The van der Waals surface area contributed by atoms with Crippen molar-refractivity contribution in [2.24, 2.45) is 7.05 Å². The molecule has 0 radical (unpaired) electrons. The Labute approximate surface area is 138 Å². The lowest BCUT2D eigenvalue weighted by atomic mass is 10.3. The van der Waals surface area contributed by atoms with Crippen LogP contribution in [0.5, 0.6) is 5.88 Å². The number of benzene rings is 1. The summed E-state index contributed by atoms with van der Waals surface area (Å²) >= 11 is 1.59. The van der Waals surface area contributed by atoms with Crippen LogP contribution in [-0.2, 0) is 11.8 Å². The van der Waals surface area contributed by atoms with E-state index in [1.807, 2.05) is 24.5 Å². The predicted octanol–water partition coefficient (Wildman–Crippen LogP) is 1.52. The maximum atomic E-state index is 12.1. The maximum Gasteiger partial charge on any atom is 0.258 e. The number of anilines is 1. The topological polar surface area (TPSA) is 85.2 Å². The summed E-state index contributed by atoms with van der Waals surface area (Å²) < 4.78 is 6.49. The van der Waals surface area contributed by atoms with Crippen LogP contribution in [0.1, 0.15) is 10.4 Å². The number of hydrogen-bond donors (Lipinski definition) is 2. The highest BCUT2D eigenvalue weighted by atomic mass is 32.2. The second-order valence-electron chi connectivity index (χ2n) is 4.69. The van der Waals surface area contributed by atoms with Gasteiger partial charge in [0.05, 0.1) is 13.7 Å². The lowest BCUT2D eigenvalue weighted by Gasteiger charge is -2.07. The minimum atomic E-state index is -0.414. The number of hydrogen-bond acceptors (Lipinski definition) is 5. The lowest BCUT2D eigenvalue weighted by molar-refractivity contribution is -0.115. The SMILES string of the molecule is COc1nn(C)cc1C(=O)NCC(=O)Nc1cccc(SC)c1. The third kappa shape index (κ3) is 4.49. The Balaban J connectivity index is 1.92. The summed E-state index contributed by atoms with van der Waals surface area (Å²) in [6.07, 6.45) is 3.50. The van der Waals surface area contributed by atoms with Crippen molar-refractivity contribution >= 4 is 29.3 Å². The monoisotopic (exact) mass is 334 g/mol. The summed E-state index contributed by atoms with van der Waals surface area (Å²) in [5.41, 5.74) is 0.974. The average molecular weight is 334 g/mol. The fourth-order valence-electron chi connectivity index (χ4n) is 1.94. The van der Waals surface area contributed by atoms with Crippen molar-refractivity contribution in [2.45, 2.75) is 4.90 Å². The molecular weight excluding hydrogens is 316 g/mol. The molecule has 0 saturated carbocycles. The Morgan fingerprint density at radius 2 is 2.17 bits per heavy atom. The Morgan fingerprint density at radius 3 is 2.87 bits per heavy atom. The maximum absolute atomic E-state index is 12.1. The van der Waals surface area contributed by atoms with Gasteiger partial charge >= 0.3 is 0 Å². The van der Waals surface area contributed by atoms with E-state index in [0.29, 0.717) is 5.69 Å². The number of ether oxygens (including phenoxy) is 1. The molecule has 2 rings (SSSR count). The van der Waals surface area contributed by atoms with Gasteiger partial charge in [0.2, 0.25) is 11.8 Å². The second-order valence-corrected chi connectivity index (χ2v) is 5.57. The summed E-state index contributed by atoms with van der Waals surface area (Å²) in [5.74, 6) is -0.500. The molecule has 0 aliphatic rings. The van der Waals surface area contributed by atoms with Gasteiger partial charge in [-0.25, -0.2) is 0 Å². The number of carbonyl (C=O) groups excluding carboxylic acids is 2. The van der Waals surface area contributed by atoms with Crippen LogP contribution >= 0.6 is 11.8 Å². The number of nitrogens with one attached hydrogen (secondary N) is 2. The van der Waals surface area contributed by atoms with E-state index in [2.05, 4.69) is 15.7 Å². The van der Waals surface area contributed by atoms with E-state index in [1.165, 1.54) is 18.0 Å². The van der Waals surface area contributed by atoms with Gasteiger partial charge in [0, 0.05) is 23.8 Å². The molecule has 1 heterocycles. The molecular formula is C15H18N4O3S. The van der Waals surface area contributed by atoms with Crippen molar-refractivity contribution in [3.63, 3.8) is 0 Å². The molecule has 0 unspecified atom stereocenters. The molecule has 0 fully saturated rings. The first-order valence-electron chi connectivity index (χ1n) is 6.83. The Hall–Kier alpha value is -2.48. The molecule has 0 spiro atoms. The molecule has 8 heteroatoms. The zero-order valence-electron chi connectivity index (χ0n) is 13.1. The van der Waals surface area contributed by atoms with Crippen molar-refractivity contribution in [3.05, 3.63) is 36.0 Å². The molecule has 2 aromatic rings. The average Bonchev–Trinajstić information content (AvgIpc) is 2.94. The Bertz CT molecular complexity index is 714. The van der Waals surface area contributed by atoms with Gasteiger partial charge < -0.3 is 15.4 Å². The van der Waals surface area contributed by atoms with E-state index >= 15 is 0 Å².